The van der Waals surface area contributed by atoms with E-state index in [2.05, 4.69) is 16.7 Å². The fraction of sp³-hybridized carbons (Fsp3) is 1.00. The lowest BCUT2D eigenvalue weighted by molar-refractivity contribution is -0.561. The Morgan fingerprint density at radius 3 is 2.07 bits per heavy atom. The maximum atomic E-state index is 10.8. The highest BCUT2D eigenvalue weighted by molar-refractivity contribution is 4.78. The van der Waals surface area contributed by atoms with Crippen molar-refractivity contribution in [1.82, 2.24) is 9.80 Å². The molecule has 5 heteroatoms. The summed E-state index contributed by atoms with van der Waals surface area (Å²) in [5, 5.41) is 10.8. The minimum absolute atomic E-state index is 0.181. The molecule has 1 aliphatic heterocycles. The van der Waals surface area contributed by atoms with Crippen LogP contribution in [0, 0.1) is 10.1 Å². The van der Waals surface area contributed by atoms with Crippen molar-refractivity contribution in [2.24, 2.45) is 0 Å². The van der Waals surface area contributed by atoms with Gasteiger partial charge in [0.25, 0.3) is 0 Å². The first-order chi connectivity index (χ1) is 6.95. The van der Waals surface area contributed by atoms with E-state index >= 15 is 0 Å². The SMILES string of the molecule is CCN1CCN(CC(C)(C)[N+](=O)[O-])CC1. The second kappa shape index (κ2) is 4.90. The molecule has 1 saturated heterocycles. The zero-order chi connectivity index (χ0) is 11.5. The molecule has 0 amide bonds. The minimum atomic E-state index is -0.825. The van der Waals surface area contributed by atoms with E-state index in [1.807, 2.05) is 0 Å². The van der Waals surface area contributed by atoms with Gasteiger partial charge in [0.15, 0.2) is 0 Å². The first-order valence-corrected chi connectivity index (χ1v) is 5.55. The predicted octanol–water partition coefficient (Wildman–Crippen LogP) is 0.679. The normalized spacial score (nSPS) is 20.5. The second-order valence-corrected chi connectivity index (χ2v) is 4.78. The lowest BCUT2D eigenvalue weighted by Gasteiger charge is -2.35. The molecule has 1 aliphatic rings. The number of nitro groups is 1. The quantitative estimate of drug-likeness (QED) is 0.511. The van der Waals surface area contributed by atoms with Gasteiger partial charge < -0.3 is 4.90 Å². The zero-order valence-corrected chi connectivity index (χ0v) is 9.90. The van der Waals surface area contributed by atoms with Crippen LogP contribution in [0.25, 0.3) is 0 Å². The summed E-state index contributed by atoms with van der Waals surface area (Å²) in [7, 11) is 0. The molecule has 0 radical (unpaired) electrons. The van der Waals surface area contributed by atoms with Crippen molar-refractivity contribution in [3.05, 3.63) is 10.1 Å². The van der Waals surface area contributed by atoms with Gasteiger partial charge in [-0.2, -0.15) is 0 Å². The van der Waals surface area contributed by atoms with E-state index in [1.165, 1.54) is 0 Å². The van der Waals surface area contributed by atoms with Crippen molar-refractivity contribution in [3.63, 3.8) is 0 Å². The largest absolute Gasteiger partial charge is 0.301 e. The maximum Gasteiger partial charge on any atom is 0.229 e. The van der Waals surface area contributed by atoms with Crippen LogP contribution in [0.1, 0.15) is 20.8 Å². The lowest BCUT2D eigenvalue weighted by Crippen LogP contribution is -2.52. The Morgan fingerprint density at radius 1 is 1.20 bits per heavy atom. The molecule has 0 aliphatic carbocycles. The monoisotopic (exact) mass is 215 g/mol. The molecular weight excluding hydrogens is 194 g/mol. The number of nitrogens with zero attached hydrogens (tertiary/aromatic N) is 3. The van der Waals surface area contributed by atoms with Crippen molar-refractivity contribution in [1.29, 1.82) is 0 Å². The van der Waals surface area contributed by atoms with Crippen molar-refractivity contribution in [2.75, 3.05) is 39.3 Å². The van der Waals surface area contributed by atoms with E-state index < -0.39 is 5.54 Å². The van der Waals surface area contributed by atoms with Gasteiger partial charge in [0, 0.05) is 44.9 Å². The van der Waals surface area contributed by atoms with Crippen LogP contribution in [0.4, 0.5) is 0 Å². The topological polar surface area (TPSA) is 49.6 Å². The fourth-order valence-electron chi connectivity index (χ4n) is 1.87. The summed E-state index contributed by atoms with van der Waals surface area (Å²) < 4.78 is 0. The average molecular weight is 215 g/mol. The molecule has 0 atom stereocenters. The molecule has 1 rings (SSSR count). The number of hydrogen-bond donors (Lipinski definition) is 0. The van der Waals surface area contributed by atoms with Crippen molar-refractivity contribution in [2.45, 2.75) is 26.3 Å². The Kier molecular flexibility index (Phi) is 4.04. The van der Waals surface area contributed by atoms with E-state index in [4.69, 9.17) is 0 Å². The molecule has 0 unspecified atom stereocenters. The third-order valence-corrected chi connectivity index (χ3v) is 3.02. The van der Waals surface area contributed by atoms with Gasteiger partial charge in [0.05, 0.1) is 6.54 Å². The van der Waals surface area contributed by atoms with Crippen LogP contribution in [0.15, 0.2) is 0 Å². The number of hydrogen-bond acceptors (Lipinski definition) is 4. The first-order valence-electron chi connectivity index (χ1n) is 5.55. The molecule has 1 fully saturated rings. The molecule has 0 N–H and O–H groups in total. The maximum absolute atomic E-state index is 10.8. The minimum Gasteiger partial charge on any atom is -0.301 e. The molecule has 0 saturated carbocycles. The van der Waals surface area contributed by atoms with Gasteiger partial charge in [-0.05, 0) is 6.54 Å². The van der Waals surface area contributed by atoms with Crippen LogP contribution >= 0.6 is 0 Å². The smallest absolute Gasteiger partial charge is 0.229 e. The zero-order valence-electron chi connectivity index (χ0n) is 9.90. The van der Waals surface area contributed by atoms with Crippen molar-refractivity contribution >= 4 is 0 Å². The number of piperazine rings is 1. The van der Waals surface area contributed by atoms with E-state index in [-0.39, 0.29) is 4.92 Å². The molecule has 0 aromatic rings. The molecule has 0 aromatic carbocycles. The van der Waals surface area contributed by atoms with Crippen molar-refractivity contribution in [3.8, 4) is 0 Å². The van der Waals surface area contributed by atoms with Gasteiger partial charge in [-0.3, -0.25) is 15.0 Å². The average Bonchev–Trinajstić information content (AvgIpc) is 2.18. The van der Waals surface area contributed by atoms with Gasteiger partial charge in [-0.25, -0.2) is 0 Å². The predicted molar refractivity (Wildman–Crippen MR) is 59.6 cm³/mol. The molecule has 0 bridgehead atoms. The van der Waals surface area contributed by atoms with Gasteiger partial charge in [0.2, 0.25) is 5.54 Å². The molecule has 15 heavy (non-hydrogen) atoms. The highest BCUT2D eigenvalue weighted by Crippen LogP contribution is 2.12. The van der Waals surface area contributed by atoms with Crippen LogP contribution in [0.3, 0.4) is 0 Å². The Hall–Kier alpha value is -0.680. The first kappa shape index (κ1) is 12.4. The Bertz CT molecular complexity index is 223. The number of likely N-dealkylation sites (N-methyl/N-ethyl adjacent to an activating group) is 1. The Morgan fingerprint density at radius 2 is 1.67 bits per heavy atom. The second-order valence-electron chi connectivity index (χ2n) is 4.78. The van der Waals surface area contributed by atoms with Gasteiger partial charge in [-0.1, -0.05) is 6.92 Å². The Labute approximate surface area is 91.2 Å². The summed E-state index contributed by atoms with van der Waals surface area (Å²) in [5.41, 5.74) is -0.825. The molecule has 0 aromatic heterocycles. The van der Waals surface area contributed by atoms with Crippen LogP contribution in [0.5, 0.6) is 0 Å². The molecular formula is C10H21N3O2. The third kappa shape index (κ3) is 3.43. The van der Waals surface area contributed by atoms with E-state index in [0.29, 0.717) is 6.54 Å². The summed E-state index contributed by atoms with van der Waals surface area (Å²) in [5.74, 6) is 0. The van der Waals surface area contributed by atoms with E-state index in [9.17, 15) is 10.1 Å². The molecule has 0 spiro atoms. The van der Waals surface area contributed by atoms with Crippen LogP contribution in [-0.4, -0.2) is 59.5 Å². The van der Waals surface area contributed by atoms with Crippen LogP contribution in [-0.2, 0) is 0 Å². The summed E-state index contributed by atoms with van der Waals surface area (Å²) in [4.78, 5) is 15.2. The van der Waals surface area contributed by atoms with Gasteiger partial charge in [-0.15, -0.1) is 0 Å². The van der Waals surface area contributed by atoms with Gasteiger partial charge in [0.1, 0.15) is 0 Å². The fourth-order valence-corrected chi connectivity index (χ4v) is 1.87. The lowest BCUT2D eigenvalue weighted by atomic mass is 10.1. The summed E-state index contributed by atoms with van der Waals surface area (Å²) in [6.45, 7) is 11.1. The number of rotatable bonds is 4. The molecule has 1 heterocycles. The summed E-state index contributed by atoms with van der Waals surface area (Å²) >= 11 is 0. The van der Waals surface area contributed by atoms with Crippen LogP contribution in [0.2, 0.25) is 0 Å². The van der Waals surface area contributed by atoms with Crippen LogP contribution < -0.4 is 0 Å². The van der Waals surface area contributed by atoms with E-state index in [0.717, 1.165) is 32.7 Å². The summed E-state index contributed by atoms with van der Waals surface area (Å²) in [6, 6.07) is 0. The summed E-state index contributed by atoms with van der Waals surface area (Å²) in [6.07, 6.45) is 0. The molecule has 88 valence electrons. The standard InChI is InChI=1S/C10H21N3O2/c1-4-11-5-7-12(8-6-11)9-10(2,3)13(14)15/h4-9H2,1-3H3. The molecule has 5 nitrogen and oxygen atoms in total. The highest BCUT2D eigenvalue weighted by atomic mass is 16.6. The Balaban J connectivity index is 2.38. The van der Waals surface area contributed by atoms with Crippen molar-refractivity contribution < 1.29 is 4.92 Å². The highest BCUT2D eigenvalue weighted by Gasteiger charge is 2.33. The third-order valence-electron chi connectivity index (χ3n) is 3.02. The van der Waals surface area contributed by atoms with Gasteiger partial charge >= 0.3 is 0 Å². The van der Waals surface area contributed by atoms with E-state index in [1.54, 1.807) is 13.8 Å².